The molecule has 1 aromatic rings. The van der Waals surface area contributed by atoms with Crippen LogP contribution in [0, 0.1) is 6.20 Å². The maximum absolute atomic E-state index is 10.2. The number of hydrogen-bond donors (Lipinski definition) is 1. The van der Waals surface area contributed by atoms with Gasteiger partial charge in [-0.25, -0.2) is 0 Å². The third kappa shape index (κ3) is 1.73. The summed E-state index contributed by atoms with van der Waals surface area (Å²) in [4.78, 5) is 5.92. The van der Waals surface area contributed by atoms with Crippen LogP contribution in [0.15, 0.2) is 18.3 Å². The molecule has 0 amide bonds. The van der Waals surface area contributed by atoms with E-state index in [-0.39, 0.29) is 0 Å². The van der Waals surface area contributed by atoms with Gasteiger partial charge in [-0.05, 0) is 38.3 Å². The highest BCUT2D eigenvalue weighted by atomic mass is 16.3. The molecular weight excluding hydrogens is 176 g/mol. The van der Waals surface area contributed by atoms with Crippen LogP contribution in [0.5, 0.6) is 0 Å². The number of anilines is 1. The Morgan fingerprint density at radius 3 is 3.07 bits per heavy atom. The second kappa shape index (κ2) is 3.58. The maximum atomic E-state index is 10.2. The summed E-state index contributed by atoms with van der Waals surface area (Å²) in [5, 5.41) is 10.2. The average molecular weight is 191 g/mol. The predicted octanol–water partition coefficient (Wildman–Crippen LogP) is 1.58. The first-order valence-electron chi connectivity index (χ1n) is 5.03. The lowest BCUT2D eigenvalue weighted by Crippen LogP contribution is -2.49. The van der Waals surface area contributed by atoms with Crippen LogP contribution in [0.4, 0.5) is 5.69 Å². The molecule has 0 saturated carbocycles. The lowest BCUT2D eigenvalue weighted by Gasteiger charge is -2.42. The molecule has 1 aliphatic heterocycles. The summed E-state index contributed by atoms with van der Waals surface area (Å²) < 4.78 is 0. The lowest BCUT2D eigenvalue weighted by atomic mass is 9.99. The quantitative estimate of drug-likeness (QED) is 0.732. The van der Waals surface area contributed by atoms with Crippen molar-refractivity contribution in [2.45, 2.75) is 31.9 Å². The molecule has 1 aromatic heterocycles. The number of rotatable bonds is 1. The van der Waals surface area contributed by atoms with E-state index in [1.807, 2.05) is 24.0 Å². The highest BCUT2D eigenvalue weighted by Crippen LogP contribution is 2.29. The molecule has 2 rings (SSSR count). The van der Waals surface area contributed by atoms with Gasteiger partial charge in [-0.1, -0.05) is 0 Å². The van der Waals surface area contributed by atoms with Crippen molar-refractivity contribution in [1.29, 1.82) is 0 Å². The molecule has 2 heterocycles. The number of aromatic nitrogens is 1. The van der Waals surface area contributed by atoms with Crippen molar-refractivity contribution in [2.75, 3.05) is 11.4 Å². The second-order valence-corrected chi connectivity index (χ2v) is 3.96. The van der Waals surface area contributed by atoms with E-state index in [0.29, 0.717) is 0 Å². The maximum Gasteiger partial charge on any atom is 0.135 e. The zero-order chi connectivity index (χ0) is 10.0. The zero-order valence-corrected chi connectivity index (χ0v) is 8.40. The lowest BCUT2D eigenvalue weighted by molar-refractivity contribution is 0.0314. The van der Waals surface area contributed by atoms with E-state index in [4.69, 9.17) is 0 Å². The molecule has 75 valence electrons. The molecule has 1 fully saturated rings. The van der Waals surface area contributed by atoms with E-state index < -0.39 is 5.72 Å². The Bertz CT molecular complexity index is 297. The van der Waals surface area contributed by atoms with Crippen molar-refractivity contribution >= 4 is 5.69 Å². The highest BCUT2D eigenvalue weighted by molar-refractivity contribution is 5.45. The number of nitrogens with zero attached hydrogens (tertiary/aromatic N) is 2. The smallest absolute Gasteiger partial charge is 0.135 e. The number of hydrogen-bond acceptors (Lipinski definition) is 3. The van der Waals surface area contributed by atoms with Gasteiger partial charge >= 0.3 is 0 Å². The number of pyridine rings is 1. The van der Waals surface area contributed by atoms with Gasteiger partial charge in [-0.3, -0.25) is 4.98 Å². The van der Waals surface area contributed by atoms with E-state index in [1.54, 1.807) is 6.20 Å². The van der Waals surface area contributed by atoms with Gasteiger partial charge in [0, 0.05) is 12.7 Å². The fourth-order valence-electron chi connectivity index (χ4n) is 1.95. The van der Waals surface area contributed by atoms with Crippen LogP contribution in [-0.2, 0) is 0 Å². The van der Waals surface area contributed by atoms with Crippen molar-refractivity contribution < 1.29 is 5.11 Å². The third-order valence-electron chi connectivity index (χ3n) is 2.75. The summed E-state index contributed by atoms with van der Waals surface area (Å²) in [5.41, 5.74) is 0.148. The molecule has 3 heteroatoms. The Labute approximate surface area is 84.4 Å². The molecule has 0 aromatic carbocycles. The summed E-state index contributed by atoms with van der Waals surface area (Å²) in [5.74, 6) is 0. The van der Waals surface area contributed by atoms with Gasteiger partial charge < -0.3 is 10.0 Å². The van der Waals surface area contributed by atoms with E-state index in [2.05, 4.69) is 11.2 Å². The summed E-state index contributed by atoms with van der Waals surface area (Å²) in [6.07, 6.45) is 7.63. The Balaban J connectivity index is 2.24. The Morgan fingerprint density at radius 2 is 2.43 bits per heavy atom. The molecule has 0 bridgehead atoms. The first kappa shape index (κ1) is 9.46. The molecule has 14 heavy (non-hydrogen) atoms. The van der Waals surface area contributed by atoms with Gasteiger partial charge in [-0.2, -0.15) is 0 Å². The van der Waals surface area contributed by atoms with Crippen LogP contribution in [0.25, 0.3) is 0 Å². The monoisotopic (exact) mass is 191 g/mol. The SMILES string of the molecule is CC1(O)CCCCN1c1[c]nccc1. The summed E-state index contributed by atoms with van der Waals surface area (Å²) in [7, 11) is 0. The van der Waals surface area contributed by atoms with Crippen molar-refractivity contribution in [3.05, 3.63) is 24.5 Å². The van der Waals surface area contributed by atoms with Gasteiger partial charge in [-0.15, -0.1) is 0 Å². The minimum absolute atomic E-state index is 0.738. The normalized spacial score (nSPS) is 27.7. The van der Waals surface area contributed by atoms with Crippen molar-refractivity contribution in [3.8, 4) is 0 Å². The molecule has 1 N–H and O–H groups in total. The summed E-state index contributed by atoms with van der Waals surface area (Å²) in [6.45, 7) is 2.74. The Morgan fingerprint density at radius 1 is 1.57 bits per heavy atom. The number of aliphatic hydroxyl groups is 1. The molecule has 1 atom stereocenters. The van der Waals surface area contributed by atoms with Crippen LogP contribution in [-0.4, -0.2) is 22.4 Å². The molecule has 0 spiro atoms. The Kier molecular flexibility index (Phi) is 2.42. The summed E-state index contributed by atoms with van der Waals surface area (Å²) in [6, 6.07) is 3.81. The van der Waals surface area contributed by atoms with E-state index in [0.717, 1.165) is 31.5 Å². The largest absolute Gasteiger partial charge is 0.371 e. The molecule has 1 radical (unpaired) electrons. The molecule has 0 aliphatic carbocycles. The van der Waals surface area contributed by atoms with Crippen molar-refractivity contribution in [3.63, 3.8) is 0 Å². The van der Waals surface area contributed by atoms with Gasteiger partial charge in [0.2, 0.25) is 0 Å². The van der Waals surface area contributed by atoms with Crippen LogP contribution >= 0.6 is 0 Å². The molecule has 1 unspecified atom stereocenters. The minimum Gasteiger partial charge on any atom is -0.371 e. The molecular formula is C11H15N2O. The topological polar surface area (TPSA) is 36.4 Å². The van der Waals surface area contributed by atoms with Crippen LogP contribution in [0.1, 0.15) is 26.2 Å². The first-order valence-corrected chi connectivity index (χ1v) is 5.03. The average Bonchev–Trinajstić information content (AvgIpc) is 2.18. The molecule has 1 aliphatic rings. The Hall–Kier alpha value is -1.09. The van der Waals surface area contributed by atoms with Gasteiger partial charge in [0.05, 0.1) is 5.69 Å². The minimum atomic E-state index is -0.738. The third-order valence-corrected chi connectivity index (χ3v) is 2.75. The molecule has 1 saturated heterocycles. The fourth-order valence-corrected chi connectivity index (χ4v) is 1.95. The second-order valence-electron chi connectivity index (χ2n) is 3.96. The van der Waals surface area contributed by atoms with E-state index in [9.17, 15) is 5.11 Å². The van der Waals surface area contributed by atoms with Gasteiger partial charge in [0.15, 0.2) is 0 Å². The highest BCUT2D eigenvalue weighted by Gasteiger charge is 2.31. The van der Waals surface area contributed by atoms with Gasteiger partial charge in [0.25, 0.3) is 0 Å². The van der Waals surface area contributed by atoms with Crippen molar-refractivity contribution in [2.24, 2.45) is 0 Å². The fraction of sp³-hybridized carbons (Fsp3) is 0.545. The van der Waals surface area contributed by atoms with Crippen LogP contribution < -0.4 is 4.90 Å². The van der Waals surface area contributed by atoms with E-state index in [1.165, 1.54) is 0 Å². The van der Waals surface area contributed by atoms with E-state index >= 15 is 0 Å². The molecule has 3 nitrogen and oxygen atoms in total. The van der Waals surface area contributed by atoms with Crippen LogP contribution in [0.3, 0.4) is 0 Å². The van der Waals surface area contributed by atoms with Crippen molar-refractivity contribution in [1.82, 2.24) is 4.98 Å². The number of piperidine rings is 1. The predicted molar refractivity (Wildman–Crippen MR) is 54.9 cm³/mol. The van der Waals surface area contributed by atoms with Gasteiger partial charge in [0.1, 0.15) is 11.9 Å². The summed E-state index contributed by atoms with van der Waals surface area (Å²) >= 11 is 0. The first-order chi connectivity index (χ1) is 6.70. The zero-order valence-electron chi connectivity index (χ0n) is 8.40. The standard InChI is InChI=1S/C11H15N2O/c1-11(14)6-2-3-8-13(11)10-5-4-7-12-9-10/h4-5,7,14H,2-3,6,8H2,1H3. The van der Waals surface area contributed by atoms with Crippen LogP contribution in [0.2, 0.25) is 0 Å².